The Morgan fingerprint density at radius 1 is 1.33 bits per heavy atom. The first-order chi connectivity index (χ1) is 9.97. The molecule has 21 heavy (non-hydrogen) atoms. The van der Waals surface area contributed by atoms with Crippen molar-refractivity contribution in [3.05, 3.63) is 40.8 Å². The van der Waals surface area contributed by atoms with E-state index in [2.05, 4.69) is 43.5 Å². The van der Waals surface area contributed by atoms with Crippen LogP contribution in [0.25, 0.3) is 11.3 Å². The lowest BCUT2D eigenvalue weighted by atomic mass is 9.98. The normalized spacial score (nSPS) is 17.6. The summed E-state index contributed by atoms with van der Waals surface area (Å²) in [4.78, 5) is 15.9. The van der Waals surface area contributed by atoms with E-state index in [9.17, 15) is 9.90 Å². The number of fused-ring (bicyclic) bond motifs is 1. The van der Waals surface area contributed by atoms with Gasteiger partial charge < -0.3 is 9.67 Å². The number of aliphatic carboxylic acids is 1. The van der Waals surface area contributed by atoms with Gasteiger partial charge in [0.1, 0.15) is 5.82 Å². The highest BCUT2D eigenvalue weighted by Gasteiger charge is 2.28. The zero-order valence-corrected chi connectivity index (χ0v) is 12.7. The van der Waals surface area contributed by atoms with Crippen LogP contribution < -0.4 is 0 Å². The second kappa shape index (κ2) is 5.02. The third kappa shape index (κ3) is 2.35. The highest BCUT2D eigenvalue weighted by Crippen LogP contribution is 2.31. The number of nitrogens with zero attached hydrogens (tertiary/aromatic N) is 2. The molecule has 4 nitrogen and oxygen atoms in total. The maximum absolute atomic E-state index is 11.2. The molecule has 3 rings (SSSR count). The lowest BCUT2D eigenvalue weighted by Gasteiger charge is -2.20. The summed E-state index contributed by atoms with van der Waals surface area (Å²) in [7, 11) is 0. The fourth-order valence-electron chi connectivity index (χ4n) is 3.11. The zero-order chi connectivity index (χ0) is 15.1. The van der Waals surface area contributed by atoms with Crippen LogP contribution in [0.4, 0.5) is 0 Å². The van der Waals surface area contributed by atoms with Gasteiger partial charge in [0.15, 0.2) is 0 Å². The number of hydrogen-bond acceptors (Lipinski definition) is 2. The molecule has 4 heteroatoms. The molecule has 0 aliphatic carbocycles. The third-order valence-electron chi connectivity index (χ3n) is 4.43. The molecule has 110 valence electrons. The van der Waals surface area contributed by atoms with Crippen molar-refractivity contribution in [2.75, 3.05) is 0 Å². The molecule has 1 aliphatic heterocycles. The van der Waals surface area contributed by atoms with Crippen LogP contribution in [-0.4, -0.2) is 20.6 Å². The minimum atomic E-state index is -0.713. The van der Waals surface area contributed by atoms with Crippen LogP contribution in [0.1, 0.15) is 29.1 Å². The van der Waals surface area contributed by atoms with Crippen molar-refractivity contribution in [1.82, 2.24) is 9.55 Å². The fraction of sp³-hybridized carbons (Fsp3) is 0.412. The number of carboxylic acids is 1. The van der Waals surface area contributed by atoms with Crippen LogP contribution in [0.2, 0.25) is 0 Å². The van der Waals surface area contributed by atoms with Gasteiger partial charge in [-0.15, -0.1) is 0 Å². The average Bonchev–Trinajstić information content (AvgIpc) is 2.78. The summed E-state index contributed by atoms with van der Waals surface area (Å²) in [6, 6.07) is 6.37. The van der Waals surface area contributed by atoms with Crippen molar-refractivity contribution in [3.63, 3.8) is 0 Å². The molecule has 1 aromatic carbocycles. The van der Waals surface area contributed by atoms with Gasteiger partial charge in [-0.1, -0.05) is 17.7 Å². The van der Waals surface area contributed by atoms with Gasteiger partial charge in [0.05, 0.1) is 11.6 Å². The monoisotopic (exact) mass is 284 g/mol. The van der Waals surface area contributed by atoms with Crippen LogP contribution in [-0.2, 0) is 17.8 Å². The van der Waals surface area contributed by atoms with Crippen molar-refractivity contribution in [1.29, 1.82) is 0 Å². The lowest BCUT2D eigenvalue weighted by Crippen LogP contribution is -2.26. The van der Waals surface area contributed by atoms with Gasteiger partial charge in [-0.05, 0) is 38.8 Å². The first-order valence-electron chi connectivity index (χ1n) is 7.34. The number of carboxylic acid groups (broad SMARTS) is 1. The van der Waals surface area contributed by atoms with E-state index in [-0.39, 0.29) is 5.92 Å². The Morgan fingerprint density at radius 2 is 2.10 bits per heavy atom. The molecule has 0 saturated carbocycles. The topological polar surface area (TPSA) is 55.1 Å². The molecule has 1 aromatic heterocycles. The van der Waals surface area contributed by atoms with Gasteiger partial charge in [0.25, 0.3) is 0 Å². The molecule has 1 N–H and O–H groups in total. The summed E-state index contributed by atoms with van der Waals surface area (Å²) in [5, 5.41) is 9.20. The first-order valence-corrected chi connectivity index (χ1v) is 7.34. The Kier molecular flexibility index (Phi) is 3.32. The predicted molar refractivity (Wildman–Crippen MR) is 81.3 cm³/mol. The molecule has 0 spiro atoms. The maximum atomic E-state index is 11.2. The number of aromatic nitrogens is 2. The van der Waals surface area contributed by atoms with Gasteiger partial charge in [-0.2, -0.15) is 0 Å². The average molecular weight is 284 g/mol. The molecule has 0 amide bonds. The van der Waals surface area contributed by atoms with Crippen LogP contribution >= 0.6 is 0 Å². The molecule has 2 aromatic rings. The van der Waals surface area contributed by atoms with E-state index >= 15 is 0 Å². The quantitative estimate of drug-likeness (QED) is 0.921. The standard InChI is InChI=1S/C17H20N2O2/c1-10-4-5-11(2)14(8-10)16-12(3)19-7-6-13(17(20)21)9-15(19)18-16/h4-5,8,13H,6-7,9H2,1-3H3,(H,20,21). The molecule has 0 radical (unpaired) electrons. The van der Waals surface area contributed by atoms with Gasteiger partial charge in [-0.25, -0.2) is 4.98 Å². The number of hydrogen-bond donors (Lipinski definition) is 1. The largest absolute Gasteiger partial charge is 0.481 e. The van der Waals surface area contributed by atoms with E-state index in [0.29, 0.717) is 12.8 Å². The Morgan fingerprint density at radius 3 is 2.81 bits per heavy atom. The maximum Gasteiger partial charge on any atom is 0.307 e. The molecule has 2 heterocycles. The molecular formula is C17H20N2O2. The minimum absolute atomic E-state index is 0.300. The summed E-state index contributed by atoms with van der Waals surface area (Å²) in [5.74, 6) is -0.108. The SMILES string of the molecule is Cc1ccc(C)c(-c2nc3n(c2C)CCC(C(=O)O)C3)c1. The Bertz CT molecular complexity index is 716. The second-order valence-electron chi connectivity index (χ2n) is 5.96. The van der Waals surface area contributed by atoms with E-state index < -0.39 is 5.97 Å². The highest BCUT2D eigenvalue weighted by molar-refractivity contribution is 5.71. The Balaban J connectivity index is 2.07. The first kappa shape index (κ1) is 13.9. The Hall–Kier alpha value is -2.10. The van der Waals surface area contributed by atoms with Crippen molar-refractivity contribution < 1.29 is 9.90 Å². The summed E-state index contributed by atoms with van der Waals surface area (Å²) < 4.78 is 2.18. The van der Waals surface area contributed by atoms with Gasteiger partial charge >= 0.3 is 5.97 Å². The van der Waals surface area contributed by atoms with E-state index in [4.69, 9.17) is 4.98 Å². The van der Waals surface area contributed by atoms with E-state index in [1.54, 1.807) is 0 Å². The number of rotatable bonds is 2. The molecule has 0 saturated heterocycles. The van der Waals surface area contributed by atoms with Crippen LogP contribution in [0.5, 0.6) is 0 Å². The zero-order valence-electron chi connectivity index (χ0n) is 12.7. The fourth-order valence-corrected chi connectivity index (χ4v) is 3.11. The van der Waals surface area contributed by atoms with E-state index in [0.717, 1.165) is 29.3 Å². The van der Waals surface area contributed by atoms with Crippen molar-refractivity contribution in [2.24, 2.45) is 5.92 Å². The van der Waals surface area contributed by atoms with Crippen LogP contribution in [0, 0.1) is 26.7 Å². The van der Waals surface area contributed by atoms with Gasteiger partial charge in [0.2, 0.25) is 0 Å². The van der Waals surface area contributed by atoms with Gasteiger partial charge in [-0.3, -0.25) is 4.79 Å². The van der Waals surface area contributed by atoms with E-state index in [1.807, 2.05) is 0 Å². The predicted octanol–water partition coefficient (Wildman–Crippen LogP) is 3.12. The van der Waals surface area contributed by atoms with Crippen molar-refractivity contribution in [2.45, 2.75) is 40.2 Å². The molecule has 1 atom stereocenters. The second-order valence-corrected chi connectivity index (χ2v) is 5.96. The summed E-state index contributed by atoms with van der Waals surface area (Å²) in [6.07, 6.45) is 1.22. The Labute approximate surface area is 124 Å². The summed E-state index contributed by atoms with van der Waals surface area (Å²) in [6.45, 7) is 6.99. The van der Waals surface area contributed by atoms with Crippen LogP contribution in [0.15, 0.2) is 18.2 Å². The van der Waals surface area contributed by atoms with Crippen molar-refractivity contribution in [3.8, 4) is 11.3 Å². The third-order valence-corrected chi connectivity index (χ3v) is 4.43. The molecular weight excluding hydrogens is 264 g/mol. The summed E-state index contributed by atoms with van der Waals surface area (Å²) >= 11 is 0. The number of carbonyl (C=O) groups is 1. The van der Waals surface area contributed by atoms with E-state index in [1.165, 1.54) is 11.1 Å². The molecule has 1 unspecified atom stereocenters. The minimum Gasteiger partial charge on any atom is -0.481 e. The molecule has 0 bridgehead atoms. The number of aryl methyl sites for hydroxylation is 2. The number of benzene rings is 1. The molecule has 1 aliphatic rings. The highest BCUT2D eigenvalue weighted by atomic mass is 16.4. The van der Waals surface area contributed by atoms with Crippen LogP contribution in [0.3, 0.4) is 0 Å². The smallest absolute Gasteiger partial charge is 0.307 e. The van der Waals surface area contributed by atoms with Crippen molar-refractivity contribution >= 4 is 5.97 Å². The van der Waals surface area contributed by atoms with Gasteiger partial charge in [0, 0.05) is 24.2 Å². The molecule has 0 fully saturated rings. The number of imidazole rings is 1. The lowest BCUT2D eigenvalue weighted by molar-refractivity contribution is -0.142. The summed E-state index contributed by atoms with van der Waals surface area (Å²) in [5.41, 5.74) is 5.71.